The Bertz CT molecular complexity index is 1300. The van der Waals surface area contributed by atoms with Crippen molar-refractivity contribution < 1.29 is 24.4 Å². The van der Waals surface area contributed by atoms with Crippen LogP contribution < -0.4 is 4.90 Å². The van der Waals surface area contributed by atoms with Gasteiger partial charge in [0, 0.05) is 17.5 Å². The molecule has 0 radical (unpaired) electrons. The Labute approximate surface area is 222 Å². The Kier molecular flexibility index (Phi) is 5.31. The molecule has 202 valence electrons. The number of aliphatic carboxylic acids is 1. The van der Waals surface area contributed by atoms with Gasteiger partial charge in [0.05, 0.1) is 27.9 Å². The lowest BCUT2D eigenvalue weighted by Gasteiger charge is -2.68. The van der Waals surface area contributed by atoms with E-state index in [1.165, 1.54) is 28.7 Å². The standard InChI is InChI=1S/C30H36N2O6/c1-16(2)20-15-30-12-9-21-28(3,10-6-11-29(21,4)27(35)36)22(30)14-19(20)23-24(30)26(34)31(25(23)33)17-7-5-8-18(13-17)32(37)38/h5,7-8,13,15-16,19,21-24H,6,9-12,14H2,1-4H3,(H,35,36)/t19-,21+,22+,23-,24-,28+,29-,30+/m1/s1. The van der Waals surface area contributed by atoms with Crippen molar-refractivity contribution in [1.29, 1.82) is 0 Å². The van der Waals surface area contributed by atoms with Crippen LogP contribution in [0.1, 0.15) is 66.2 Å². The maximum Gasteiger partial charge on any atom is 0.309 e. The van der Waals surface area contributed by atoms with Crippen LogP contribution in [0.25, 0.3) is 0 Å². The largest absolute Gasteiger partial charge is 0.481 e. The number of nitro groups is 1. The molecule has 8 heteroatoms. The Morgan fingerprint density at radius 2 is 1.87 bits per heavy atom. The van der Waals surface area contributed by atoms with E-state index in [1.54, 1.807) is 6.07 Å². The monoisotopic (exact) mass is 520 g/mol. The number of carboxylic acid groups (broad SMARTS) is 1. The number of rotatable bonds is 4. The van der Waals surface area contributed by atoms with Crippen LogP contribution in [0.5, 0.6) is 0 Å². The summed E-state index contributed by atoms with van der Waals surface area (Å²) in [5.41, 5.74) is -0.195. The zero-order chi connectivity index (χ0) is 27.4. The Morgan fingerprint density at radius 1 is 1.13 bits per heavy atom. The fourth-order valence-electron chi connectivity index (χ4n) is 9.96. The average molecular weight is 521 g/mol. The number of fused-ring (bicyclic) bond motifs is 1. The number of allylic oxidation sites excluding steroid dienone is 2. The van der Waals surface area contributed by atoms with Gasteiger partial charge in [0.15, 0.2) is 0 Å². The first-order valence-electron chi connectivity index (χ1n) is 13.9. The molecule has 4 fully saturated rings. The van der Waals surface area contributed by atoms with E-state index in [-0.39, 0.29) is 52.3 Å². The van der Waals surface area contributed by atoms with Gasteiger partial charge in [0.1, 0.15) is 0 Å². The third kappa shape index (κ3) is 3.00. The van der Waals surface area contributed by atoms with Gasteiger partial charge >= 0.3 is 5.97 Å². The van der Waals surface area contributed by atoms with Crippen LogP contribution in [0.4, 0.5) is 11.4 Å². The molecule has 5 aliphatic carbocycles. The lowest BCUT2D eigenvalue weighted by molar-refractivity contribution is -0.384. The highest BCUT2D eigenvalue weighted by Gasteiger charge is 2.73. The highest BCUT2D eigenvalue weighted by molar-refractivity contribution is 6.23. The van der Waals surface area contributed by atoms with Crippen molar-refractivity contribution in [2.45, 2.75) is 66.2 Å². The maximum absolute atomic E-state index is 14.3. The van der Waals surface area contributed by atoms with Crippen molar-refractivity contribution in [3.63, 3.8) is 0 Å². The number of non-ortho nitro benzene ring substituents is 1. The molecule has 0 aromatic heterocycles. The summed E-state index contributed by atoms with van der Waals surface area (Å²) in [5.74, 6) is -1.95. The van der Waals surface area contributed by atoms with Crippen molar-refractivity contribution in [2.24, 2.45) is 51.8 Å². The molecule has 3 saturated carbocycles. The highest BCUT2D eigenvalue weighted by atomic mass is 16.6. The van der Waals surface area contributed by atoms with E-state index in [0.29, 0.717) is 19.3 Å². The first kappa shape index (κ1) is 25.3. The third-order valence-corrected chi connectivity index (χ3v) is 11.5. The number of carboxylic acids is 1. The SMILES string of the molecule is CC(C)C1=C[C@@]23CC[C@H]4[C@](C)(CCC[C@@]4(C)C(=O)O)[C@@H]2C[C@H]1[C@H]1C(=O)N(c2cccc([N+](=O)[O-])c2)C(=O)[C@@H]13. The van der Waals surface area contributed by atoms with Gasteiger partial charge in [-0.15, -0.1) is 0 Å². The lowest BCUT2D eigenvalue weighted by Crippen LogP contribution is -2.65. The quantitative estimate of drug-likeness (QED) is 0.239. The Balaban J connectivity index is 1.48. The first-order chi connectivity index (χ1) is 17.9. The summed E-state index contributed by atoms with van der Waals surface area (Å²) in [4.78, 5) is 53.0. The summed E-state index contributed by atoms with van der Waals surface area (Å²) in [6, 6.07) is 5.80. The van der Waals surface area contributed by atoms with Gasteiger partial charge < -0.3 is 5.11 Å². The molecular formula is C30H36N2O6. The summed E-state index contributed by atoms with van der Waals surface area (Å²) in [6.07, 6.45) is 6.97. The number of anilines is 1. The number of imide groups is 1. The van der Waals surface area contributed by atoms with Crippen molar-refractivity contribution in [2.75, 3.05) is 4.90 Å². The summed E-state index contributed by atoms with van der Waals surface area (Å²) in [5, 5.41) is 21.7. The van der Waals surface area contributed by atoms with Gasteiger partial charge in [0.2, 0.25) is 11.8 Å². The van der Waals surface area contributed by atoms with Gasteiger partial charge in [-0.2, -0.15) is 0 Å². The second-order valence-electron chi connectivity index (χ2n) is 13.3. The van der Waals surface area contributed by atoms with E-state index in [9.17, 15) is 29.6 Å². The first-order valence-corrected chi connectivity index (χ1v) is 13.9. The van der Waals surface area contributed by atoms with Crippen LogP contribution in [0.3, 0.4) is 0 Å². The molecule has 1 aliphatic heterocycles. The number of nitro benzene ring substituents is 1. The summed E-state index contributed by atoms with van der Waals surface area (Å²) in [7, 11) is 0. The van der Waals surface area contributed by atoms with E-state index >= 15 is 0 Å². The van der Waals surface area contributed by atoms with Crippen LogP contribution in [-0.4, -0.2) is 27.8 Å². The van der Waals surface area contributed by atoms with Crippen molar-refractivity contribution in [1.82, 2.24) is 0 Å². The lowest BCUT2D eigenvalue weighted by atomic mass is 9.34. The second-order valence-corrected chi connectivity index (χ2v) is 13.3. The molecule has 7 rings (SSSR count). The minimum absolute atomic E-state index is 0.0191. The number of hydrogen-bond donors (Lipinski definition) is 1. The third-order valence-electron chi connectivity index (χ3n) is 11.5. The van der Waals surface area contributed by atoms with Crippen molar-refractivity contribution in [3.05, 3.63) is 46.0 Å². The van der Waals surface area contributed by atoms with Crippen LogP contribution in [0, 0.1) is 61.9 Å². The van der Waals surface area contributed by atoms with Crippen molar-refractivity contribution in [3.8, 4) is 0 Å². The smallest absolute Gasteiger partial charge is 0.309 e. The summed E-state index contributed by atoms with van der Waals surface area (Å²) >= 11 is 0. The topological polar surface area (TPSA) is 118 Å². The molecule has 0 unspecified atom stereocenters. The minimum atomic E-state index is -0.792. The number of carbonyl (C=O) groups excluding carboxylic acids is 2. The molecule has 38 heavy (non-hydrogen) atoms. The van der Waals surface area contributed by atoms with E-state index in [0.717, 1.165) is 19.3 Å². The molecule has 2 amide bonds. The number of nitrogens with zero attached hydrogens (tertiary/aromatic N) is 2. The molecule has 8 atom stereocenters. The fraction of sp³-hybridized carbons (Fsp3) is 0.633. The normalized spacial score (nSPS) is 41.4. The molecule has 1 aromatic rings. The number of benzene rings is 1. The van der Waals surface area contributed by atoms with Gasteiger partial charge in [-0.1, -0.05) is 44.9 Å². The van der Waals surface area contributed by atoms with Gasteiger partial charge in [-0.25, -0.2) is 4.90 Å². The van der Waals surface area contributed by atoms with E-state index in [1.807, 2.05) is 6.92 Å². The molecule has 8 nitrogen and oxygen atoms in total. The maximum atomic E-state index is 14.3. The van der Waals surface area contributed by atoms with Gasteiger partial charge in [0.25, 0.3) is 5.69 Å². The molecule has 2 bridgehead atoms. The second kappa shape index (κ2) is 7.99. The van der Waals surface area contributed by atoms with Crippen LogP contribution in [0.2, 0.25) is 0 Å². The Morgan fingerprint density at radius 3 is 2.53 bits per heavy atom. The summed E-state index contributed by atoms with van der Waals surface area (Å²) < 4.78 is 0. The molecule has 1 N–H and O–H groups in total. The molecule has 1 saturated heterocycles. The Hall–Kier alpha value is -3.03. The molecule has 1 aromatic carbocycles. The molecular weight excluding hydrogens is 484 g/mol. The zero-order valence-electron chi connectivity index (χ0n) is 22.5. The number of amides is 2. The number of hydrogen-bond acceptors (Lipinski definition) is 5. The van der Waals surface area contributed by atoms with E-state index in [4.69, 9.17) is 0 Å². The average Bonchev–Trinajstić information content (AvgIpc) is 3.15. The minimum Gasteiger partial charge on any atom is -0.481 e. The molecule has 6 aliphatic rings. The highest BCUT2D eigenvalue weighted by Crippen LogP contribution is 2.74. The number of carbonyl (C=O) groups is 3. The van der Waals surface area contributed by atoms with Crippen LogP contribution >= 0.6 is 0 Å². The fourth-order valence-corrected chi connectivity index (χ4v) is 9.96. The molecule has 1 spiro atoms. The van der Waals surface area contributed by atoms with E-state index < -0.39 is 33.6 Å². The molecule has 1 heterocycles. The van der Waals surface area contributed by atoms with Crippen molar-refractivity contribution >= 4 is 29.2 Å². The van der Waals surface area contributed by atoms with Crippen LogP contribution in [0.15, 0.2) is 35.9 Å². The van der Waals surface area contributed by atoms with Crippen LogP contribution in [-0.2, 0) is 14.4 Å². The van der Waals surface area contributed by atoms with Gasteiger partial charge in [-0.3, -0.25) is 24.5 Å². The predicted molar refractivity (Wildman–Crippen MR) is 140 cm³/mol. The predicted octanol–water partition coefficient (Wildman–Crippen LogP) is 5.61. The summed E-state index contributed by atoms with van der Waals surface area (Å²) in [6.45, 7) is 8.44. The van der Waals surface area contributed by atoms with Gasteiger partial charge in [-0.05, 0) is 74.2 Å². The van der Waals surface area contributed by atoms with E-state index in [2.05, 4.69) is 26.8 Å². The zero-order valence-corrected chi connectivity index (χ0v) is 22.5.